The highest BCUT2D eigenvalue weighted by molar-refractivity contribution is 5.94. The predicted molar refractivity (Wildman–Crippen MR) is 357 cm³/mol. The molecular formula is C69H105F2N13O10. The molecule has 3 aromatic heterocycles. The van der Waals surface area contributed by atoms with Crippen molar-refractivity contribution in [2.24, 2.45) is 37.9 Å². The number of amides is 7. The third-order valence-corrected chi connectivity index (χ3v) is 16.2. The average molecular weight is 1310 g/mol. The molecule has 7 amide bonds. The summed E-state index contributed by atoms with van der Waals surface area (Å²) >= 11 is 0. The zero-order valence-electron chi connectivity index (χ0n) is 56.5. The van der Waals surface area contributed by atoms with Crippen molar-refractivity contribution in [2.75, 3.05) is 46.3 Å². The van der Waals surface area contributed by atoms with Gasteiger partial charge in [0.2, 0.25) is 23.6 Å². The van der Waals surface area contributed by atoms with Crippen LogP contribution in [0.25, 0.3) is 0 Å². The largest absolute Gasteiger partial charge is 0.476 e. The molecule has 0 unspecified atom stereocenters. The van der Waals surface area contributed by atoms with Crippen LogP contribution < -0.4 is 10.6 Å². The Balaban J connectivity index is 0.000000427. The van der Waals surface area contributed by atoms with E-state index in [9.17, 15) is 47.1 Å². The van der Waals surface area contributed by atoms with Gasteiger partial charge in [-0.1, -0.05) is 94.5 Å². The second-order valence-electron chi connectivity index (χ2n) is 27.2. The number of rotatable bonds is 21. The highest BCUT2D eigenvalue weighted by atomic mass is 19.1. The molecule has 5 heterocycles. The third-order valence-electron chi connectivity index (χ3n) is 16.2. The van der Waals surface area contributed by atoms with E-state index in [0.717, 1.165) is 30.4 Å². The van der Waals surface area contributed by atoms with Crippen LogP contribution >= 0.6 is 0 Å². The van der Waals surface area contributed by atoms with E-state index in [1.807, 2.05) is 67.3 Å². The number of benzene rings is 2. The number of aromatic nitrogens is 6. The predicted octanol–water partition coefficient (Wildman–Crippen LogP) is 9.22. The average Bonchev–Trinajstić information content (AvgIpc) is 1.71. The monoisotopic (exact) mass is 1310 g/mol. The zero-order chi connectivity index (χ0) is 68.6. The van der Waals surface area contributed by atoms with Gasteiger partial charge in [-0.2, -0.15) is 0 Å². The van der Waals surface area contributed by atoms with Crippen LogP contribution in [-0.2, 0) is 57.9 Å². The molecule has 6 atom stereocenters. The highest BCUT2D eigenvalue weighted by Gasteiger charge is 2.43. The number of hydrogen-bond donors (Lipinski definition) is 3. The summed E-state index contributed by atoms with van der Waals surface area (Å²) in [6.45, 7) is 24.6. The van der Waals surface area contributed by atoms with Crippen LogP contribution in [-0.4, -0.2) is 188 Å². The molecule has 2 fully saturated rings. The van der Waals surface area contributed by atoms with Gasteiger partial charge in [-0.3, -0.25) is 33.7 Å². The van der Waals surface area contributed by atoms with Crippen molar-refractivity contribution >= 4 is 47.5 Å². The van der Waals surface area contributed by atoms with Gasteiger partial charge >= 0.3 is 12.1 Å². The minimum absolute atomic E-state index is 0. The molecule has 0 radical (unpaired) electrons. The molecule has 520 valence electrons. The molecule has 94 heavy (non-hydrogen) atoms. The van der Waals surface area contributed by atoms with Gasteiger partial charge in [0.25, 0.3) is 11.8 Å². The van der Waals surface area contributed by atoms with E-state index in [1.165, 1.54) is 48.7 Å². The molecule has 0 spiro atoms. The van der Waals surface area contributed by atoms with Crippen molar-refractivity contribution in [1.29, 1.82) is 0 Å². The maximum absolute atomic E-state index is 14.1. The Hall–Kier alpha value is -8.51. The van der Waals surface area contributed by atoms with Gasteiger partial charge < -0.3 is 53.8 Å². The van der Waals surface area contributed by atoms with Crippen molar-refractivity contribution in [2.45, 2.75) is 179 Å². The lowest BCUT2D eigenvalue weighted by atomic mass is 9.85. The number of imidazole rings is 3. The van der Waals surface area contributed by atoms with E-state index in [2.05, 4.69) is 25.6 Å². The second-order valence-corrected chi connectivity index (χ2v) is 27.2. The van der Waals surface area contributed by atoms with Gasteiger partial charge in [-0.25, -0.2) is 33.3 Å². The summed E-state index contributed by atoms with van der Waals surface area (Å²) in [6.07, 6.45) is 13.5. The van der Waals surface area contributed by atoms with Gasteiger partial charge in [-0.15, -0.1) is 0 Å². The summed E-state index contributed by atoms with van der Waals surface area (Å²) in [4.78, 5) is 124. The fourth-order valence-electron chi connectivity index (χ4n) is 10.4. The lowest BCUT2D eigenvalue weighted by Crippen LogP contribution is -2.59. The van der Waals surface area contributed by atoms with E-state index in [1.54, 1.807) is 120 Å². The molecule has 2 aliphatic rings. The number of aryl methyl sites for hydroxylation is 3. The number of hydrogen-bond acceptors (Lipinski definition) is 12. The number of carboxylic acids is 1. The summed E-state index contributed by atoms with van der Waals surface area (Å²) in [5, 5.41) is 14.2. The van der Waals surface area contributed by atoms with Gasteiger partial charge in [-0.05, 0) is 119 Å². The SMILES string of the molecule is C.C.CC[C@@H](C)C(=O)N[C@H](C(=O)N1CCC[C@H]1CN(CCc1ccc(F)cc1)C(=O)c1cn(C)cn1)C(C)(C)C.C[C@@H](C(=O)N[C@H](C(=O)N1CCC[C@H]1CN(CCc1ccc(F)cc1)C(=O)c1cn(C)cn1)C(C)(C)C)N(C)C(=O)OC(C)(C)C.Cn1cnc(C(=O)O)c1. The minimum atomic E-state index is -0.990. The molecule has 7 rings (SSSR count). The highest BCUT2D eigenvalue weighted by Crippen LogP contribution is 2.29. The number of likely N-dealkylation sites (tertiary alicyclic amines) is 2. The van der Waals surface area contributed by atoms with E-state index in [0.29, 0.717) is 69.8 Å². The lowest BCUT2D eigenvalue weighted by Gasteiger charge is -2.38. The number of likely N-dealkylation sites (N-methyl/N-ethyl adjacent to an activating group) is 1. The first-order chi connectivity index (χ1) is 43.0. The zero-order valence-corrected chi connectivity index (χ0v) is 56.5. The summed E-state index contributed by atoms with van der Waals surface area (Å²) in [7, 11) is 6.81. The fraction of sp³-hybridized carbons (Fsp3) is 0.580. The number of carbonyl (C=O) groups is 8. The smallest absolute Gasteiger partial charge is 0.410 e. The topological polar surface area (TPSA) is 260 Å². The molecule has 3 N–H and O–H groups in total. The Morgan fingerprint density at radius 1 is 0.606 bits per heavy atom. The van der Waals surface area contributed by atoms with Crippen molar-refractivity contribution in [3.8, 4) is 0 Å². The Morgan fingerprint density at radius 2 is 0.968 bits per heavy atom. The Bertz CT molecular complexity index is 3290. The standard InChI is InChI=1S/C33H49FN6O5.C29H42FN5O3.C5H6N2O2.2CH4/c1-22(38(9)31(44)45-33(5,6)7)28(41)36-27(32(2,3)4)30(43)40-17-10-11-25(40)19-39(29(42)26-20-37(8)21-35-26)18-16-23-12-14-24(34)15-13-23;1-7-20(2)26(36)32-25(29(3,4)5)28(38)35-15-8-9-23(35)17-34(27(37)24-18-33(6)19-31-24)16-14-21-10-12-22(30)13-11-21;1-7-2-4(5(8)9)6-3-7;;/h12-15,20-22,25,27H,10-11,16-19H2,1-9H3,(H,36,41);10-13,18-20,23,25H,7-9,14-17H2,1-6H3,(H,32,36);2-3H,1H3,(H,8,9);2*1H4/t22-,25-,27+;20-,23+,25-;;;/m01.../s1. The first-order valence-corrected chi connectivity index (χ1v) is 31.4. The van der Waals surface area contributed by atoms with E-state index in [4.69, 9.17) is 9.84 Å². The lowest BCUT2D eigenvalue weighted by molar-refractivity contribution is -0.141. The maximum Gasteiger partial charge on any atom is 0.410 e. The minimum Gasteiger partial charge on any atom is -0.476 e. The van der Waals surface area contributed by atoms with Crippen LogP contribution in [0.2, 0.25) is 0 Å². The van der Waals surface area contributed by atoms with Gasteiger partial charge in [0.1, 0.15) is 46.7 Å². The first kappa shape index (κ1) is 79.7. The number of carbonyl (C=O) groups excluding carboxylic acids is 7. The van der Waals surface area contributed by atoms with Crippen molar-refractivity contribution < 1.29 is 57.0 Å². The molecule has 0 bridgehead atoms. The first-order valence-electron chi connectivity index (χ1n) is 31.4. The Morgan fingerprint density at radius 3 is 1.28 bits per heavy atom. The summed E-state index contributed by atoms with van der Waals surface area (Å²) in [6, 6.07) is 9.58. The van der Waals surface area contributed by atoms with Crippen LogP contribution in [0.15, 0.2) is 86.1 Å². The molecule has 25 heteroatoms. The van der Waals surface area contributed by atoms with Gasteiger partial charge in [0, 0.05) is 104 Å². The Kier molecular flexibility index (Phi) is 29.8. The van der Waals surface area contributed by atoms with Crippen LogP contribution in [0, 0.1) is 28.4 Å². The molecule has 5 aromatic rings. The van der Waals surface area contributed by atoms with E-state index in [-0.39, 0.29) is 86.3 Å². The fourth-order valence-corrected chi connectivity index (χ4v) is 10.4. The molecule has 2 saturated heterocycles. The molecule has 0 aliphatic carbocycles. The number of aromatic carboxylic acids is 1. The third kappa shape index (κ3) is 23.5. The number of nitrogens with one attached hydrogen (secondary N) is 2. The number of carboxylic acid groups (broad SMARTS) is 1. The quantitative estimate of drug-likeness (QED) is 0.0620. The van der Waals surface area contributed by atoms with Crippen LogP contribution in [0.4, 0.5) is 13.6 Å². The van der Waals surface area contributed by atoms with Gasteiger partial charge in [0.15, 0.2) is 5.69 Å². The summed E-state index contributed by atoms with van der Waals surface area (Å²) in [5.74, 6) is -3.21. The van der Waals surface area contributed by atoms with Crippen LogP contribution in [0.5, 0.6) is 0 Å². The van der Waals surface area contributed by atoms with E-state index >= 15 is 0 Å². The van der Waals surface area contributed by atoms with E-state index < -0.39 is 52.5 Å². The molecule has 2 aliphatic heterocycles. The second kappa shape index (κ2) is 35.1. The van der Waals surface area contributed by atoms with Crippen LogP contribution in [0.3, 0.4) is 0 Å². The molecular weight excluding hydrogens is 1210 g/mol. The summed E-state index contributed by atoms with van der Waals surface area (Å²) < 4.78 is 37.3. The molecule has 0 saturated carbocycles. The Labute approximate surface area is 555 Å². The van der Waals surface area contributed by atoms with Crippen molar-refractivity contribution in [1.82, 2.24) is 63.8 Å². The van der Waals surface area contributed by atoms with Gasteiger partial charge in [0.05, 0.1) is 19.0 Å². The maximum atomic E-state index is 14.1. The number of halogens is 2. The number of ether oxygens (including phenoxy) is 1. The van der Waals surface area contributed by atoms with Crippen LogP contribution in [0.1, 0.15) is 173 Å². The van der Waals surface area contributed by atoms with Crippen molar-refractivity contribution in [3.63, 3.8) is 0 Å². The van der Waals surface area contributed by atoms with Crippen molar-refractivity contribution in [3.05, 3.63) is 126 Å². The normalized spacial score (nSPS) is 15.8. The summed E-state index contributed by atoms with van der Waals surface area (Å²) in [5.41, 5.74) is 0.695. The number of nitrogens with zero attached hydrogens (tertiary/aromatic N) is 11. The molecule has 23 nitrogen and oxygen atoms in total. The molecule has 2 aromatic carbocycles.